The average Bonchev–Trinajstić information content (AvgIpc) is 3.28. The largest absolute Gasteiger partial charge is 0.361 e. The summed E-state index contributed by atoms with van der Waals surface area (Å²) in [7, 11) is 4.06. The lowest BCUT2D eigenvalue weighted by Gasteiger charge is -2.28. The molecular weight excluding hydrogens is 324 g/mol. The molecule has 2 aromatic heterocycles. The molecule has 0 saturated carbocycles. The first-order valence-electron chi connectivity index (χ1n) is 9.07. The molecule has 1 aliphatic rings. The Morgan fingerprint density at radius 2 is 2.19 bits per heavy atom. The van der Waals surface area contributed by atoms with Crippen LogP contribution in [-0.4, -0.2) is 52.9 Å². The summed E-state index contributed by atoms with van der Waals surface area (Å²) in [5.74, 6) is 0.471. The Hall–Kier alpha value is -2.66. The molecule has 0 radical (unpaired) electrons. The Bertz CT molecular complexity index is 905. The fourth-order valence-corrected chi connectivity index (χ4v) is 4.20. The van der Waals surface area contributed by atoms with E-state index in [1.165, 1.54) is 5.56 Å². The second kappa shape index (κ2) is 6.92. The zero-order valence-corrected chi connectivity index (χ0v) is 15.2. The van der Waals surface area contributed by atoms with Gasteiger partial charge in [-0.25, -0.2) is 0 Å². The number of carbonyl (C=O) groups is 1. The van der Waals surface area contributed by atoms with E-state index in [0.29, 0.717) is 12.0 Å². The van der Waals surface area contributed by atoms with Crippen molar-refractivity contribution >= 4 is 16.8 Å². The molecule has 4 rings (SSSR count). The monoisotopic (exact) mass is 348 g/mol. The minimum atomic E-state index is 0.0672. The Kier molecular flexibility index (Phi) is 4.47. The van der Waals surface area contributed by atoms with Crippen molar-refractivity contribution < 1.29 is 4.79 Å². The summed E-state index contributed by atoms with van der Waals surface area (Å²) >= 11 is 0. The van der Waals surface area contributed by atoms with Gasteiger partial charge in [0.15, 0.2) is 0 Å². The first kappa shape index (κ1) is 16.8. The summed E-state index contributed by atoms with van der Waals surface area (Å²) in [5, 5.41) is 1.07. The molecule has 0 spiro atoms. The van der Waals surface area contributed by atoms with E-state index >= 15 is 0 Å². The molecule has 0 aliphatic carbocycles. The molecule has 0 unspecified atom stereocenters. The van der Waals surface area contributed by atoms with Gasteiger partial charge in [-0.15, -0.1) is 0 Å². The number of carbonyl (C=O) groups excluding carboxylic acids is 1. The van der Waals surface area contributed by atoms with Crippen LogP contribution >= 0.6 is 0 Å². The highest BCUT2D eigenvalue weighted by Gasteiger charge is 2.34. The van der Waals surface area contributed by atoms with Crippen molar-refractivity contribution in [3.05, 3.63) is 66.1 Å². The maximum Gasteiger partial charge on any atom is 0.255 e. The number of aromatic nitrogens is 2. The first-order chi connectivity index (χ1) is 12.6. The maximum atomic E-state index is 13.0. The molecule has 3 heterocycles. The summed E-state index contributed by atoms with van der Waals surface area (Å²) in [6.45, 7) is 1.78. The van der Waals surface area contributed by atoms with Crippen LogP contribution in [0.3, 0.4) is 0 Å². The number of H-pyrrole nitrogens is 1. The van der Waals surface area contributed by atoms with Gasteiger partial charge < -0.3 is 9.88 Å². The number of rotatable bonds is 4. The third-order valence-electron chi connectivity index (χ3n) is 5.47. The van der Waals surface area contributed by atoms with Gasteiger partial charge in [0.1, 0.15) is 0 Å². The van der Waals surface area contributed by atoms with Gasteiger partial charge in [0.05, 0.1) is 11.1 Å². The van der Waals surface area contributed by atoms with Crippen LogP contribution in [0.5, 0.6) is 0 Å². The molecule has 2 atom stereocenters. The van der Waals surface area contributed by atoms with Crippen molar-refractivity contribution in [1.82, 2.24) is 19.8 Å². The van der Waals surface area contributed by atoms with Crippen LogP contribution in [0.2, 0.25) is 0 Å². The third kappa shape index (κ3) is 2.99. The van der Waals surface area contributed by atoms with Crippen LogP contribution < -0.4 is 0 Å². The van der Waals surface area contributed by atoms with Crippen molar-refractivity contribution in [2.24, 2.45) is 5.92 Å². The van der Waals surface area contributed by atoms with Crippen molar-refractivity contribution in [3.63, 3.8) is 0 Å². The number of aromatic amines is 1. The Labute approximate surface area is 153 Å². The van der Waals surface area contributed by atoms with E-state index < -0.39 is 0 Å². The molecular formula is C21H24N4O. The molecule has 0 bridgehead atoms. The second-order valence-electron chi connectivity index (χ2n) is 7.19. The Morgan fingerprint density at radius 1 is 1.31 bits per heavy atom. The summed E-state index contributed by atoms with van der Waals surface area (Å²) in [6, 6.07) is 12.3. The molecule has 1 N–H and O–H groups in total. The van der Waals surface area contributed by atoms with Crippen molar-refractivity contribution in [2.45, 2.75) is 12.5 Å². The number of hydrogen-bond acceptors (Lipinski definition) is 3. The molecule has 1 saturated heterocycles. The highest BCUT2D eigenvalue weighted by Crippen LogP contribution is 2.36. The minimum absolute atomic E-state index is 0.0672. The normalized spacial score (nSPS) is 20.5. The highest BCUT2D eigenvalue weighted by atomic mass is 16.2. The van der Waals surface area contributed by atoms with Gasteiger partial charge in [0.2, 0.25) is 0 Å². The van der Waals surface area contributed by atoms with Crippen LogP contribution in [0.15, 0.2) is 55.0 Å². The number of pyridine rings is 1. The van der Waals surface area contributed by atoms with Gasteiger partial charge in [0, 0.05) is 43.6 Å². The van der Waals surface area contributed by atoms with E-state index in [-0.39, 0.29) is 5.91 Å². The van der Waals surface area contributed by atoms with E-state index in [2.05, 4.69) is 28.0 Å². The molecule has 3 aromatic rings. The lowest BCUT2D eigenvalue weighted by atomic mass is 9.94. The van der Waals surface area contributed by atoms with Gasteiger partial charge >= 0.3 is 0 Å². The molecule has 1 aromatic carbocycles. The number of nitrogens with one attached hydrogen (secondary N) is 1. The van der Waals surface area contributed by atoms with Gasteiger partial charge in [-0.2, -0.15) is 0 Å². The highest BCUT2D eigenvalue weighted by molar-refractivity contribution is 6.05. The van der Waals surface area contributed by atoms with Gasteiger partial charge in [-0.3, -0.25) is 14.7 Å². The predicted octanol–water partition coefficient (Wildman–Crippen LogP) is 3.33. The van der Waals surface area contributed by atoms with Gasteiger partial charge in [0.25, 0.3) is 5.91 Å². The summed E-state index contributed by atoms with van der Waals surface area (Å²) in [6.07, 6.45) is 6.72. The lowest BCUT2D eigenvalue weighted by Crippen LogP contribution is -2.34. The molecule has 1 aliphatic heterocycles. The van der Waals surface area contributed by atoms with E-state index in [1.54, 1.807) is 6.20 Å². The number of nitrogens with zero attached hydrogens (tertiary/aromatic N) is 3. The topological polar surface area (TPSA) is 52.2 Å². The average molecular weight is 348 g/mol. The molecule has 5 nitrogen and oxygen atoms in total. The SMILES string of the molecule is CN(C[C@@H]1CCN(C)[C@H]1c1cccnc1)C(=O)c1cccc2cc[nH]c12. The van der Waals surface area contributed by atoms with E-state index in [9.17, 15) is 4.79 Å². The van der Waals surface area contributed by atoms with Crippen LogP contribution in [0, 0.1) is 5.92 Å². The quantitative estimate of drug-likeness (QED) is 0.787. The number of likely N-dealkylation sites (tertiary alicyclic amines) is 1. The van der Waals surface area contributed by atoms with Crippen molar-refractivity contribution in [1.29, 1.82) is 0 Å². The van der Waals surface area contributed by atoms with Crippen molar-refractivity contribution in [2.75, 3.05) is 27.2 Å². The van der Waals surface area contributed by atoms with Crippen LogP contribution in [0.1, 0.15) is 28.4 Å². The zero-order valence-electron chi connectivity index (χ0n) is 15.2. The number of benzene rings is 1. The first-order valence-corrected chi connectivity index (χ1v) is 9.07. The Balaban J connectivity index is 1.54. The van der Waals surface area contributed by atoms with Crippen LogP contribution in [0.25, 0.3) is 10.9 Å². The maximum absolute atomic E-state index is 13.0. The van der Waals surface area contributed by atoms with Gasteiger partial charge in [-0.1, -0.05) is 18.2 Å². The second-order valence-corrected chi connectivity index (χ2v) is 7.19. The van der Waals surface area contributed by atoms with E-state index in [0.717, 1.165) is 36.0 Å². The smallest absolute Gasteiger partial charge is 0.255 e. The Morgan fingerprint density at radius 3 is 3.00 bits per heavy atom. The summed E-state index contributed by atoms with van der Waals surface area (Å²) < 4.78 is 0. The van der Waals surface area contributed by atoms with E-state index in [1.807, 2.05) is 54.7 Å². The molecule has 1 amide bonds. The minimum Gasteiger partial charge on any atom is -0.361 e. The van der Waals surface area contributed by atoms with Crippen LogP contribution in [-0.2, 0) is 0 Å². The number of fused-ring (bicyclic) bond motifs is 1. The standard InChI is InChI=1S/C21H24N4O/c1-24-12-9-17(20(24)16-6-4-10-22-13-16)14-25(2)21(26)18-7-3-5-15-8-11-23-19(15)18/h3-8,10-11,13,17,20,23H,9,12,14H2,1-2H3/t17-,20-/m0/s1. The predicted molar refractivity (Wildman–Crippen MR) is 103 cm³/mol. The molecule has 134 valence electrons. The summed E-state index contributed by atoms with van der Waals surface area (Å²) in [4.78, 5) is 24.8. The number of para-hydroxylation sites is 1. The van der Waals surface area contributed by atoms with Crippen molar-refractivity contribution in [3.8, 4) is 0 Å². The summed E-state index contributed by atoms with van der Waals surface area (Å²) in [5.41, 5.74) is 2.88. The zero-order chi connectivity index (χ0) is 18.1. The van der Waals surface area contributed by atoms with Crippen LogP contribution in [0.4, 0.5) is 0 Å². The third-order valence-corrected chi connectivity index (χ3v) is 5.47. The molecule has 26 heavy (non-hydrogen) atoms. The van der Waals surface area contributed by atoms with E-state index in [4.69, 9.17) is 0 Å². The number of hydrogen-bond donors (Lipinski definition) is 1. The lowest BCUT2D eigenvalue weighted by molar-refractivity contribution is 0.0762. The van der Waals surface area contributed by atoms with Gasteiger partial charge in [-0.05, 0) is 49.7 Å². The fourth-order valence-electron chi connectivity index (χ4n) is 4.20. The molecule has 1 fully saturated rings. The number of amides is 1. The fraction of sp³-hybridized carbons (Fsp3) is 0.333. The molecule has 5 heteroatoms.